The van der Waals surface area contributed by atoms with Gasteiger partial charge in [-0.1, -0.05) is 6.92 Å². The molecule has 0 heterocycles. The van der Waals surface area contributed by atoms with Gasteiger partial charge in [0.15, 0.2) is 0 Å². The van der Waals surface area contributed by atoms with Crippen LogP contribution in [0.3, 0.4) is 0 Å². The average Bonchev–Trinajstić information content (AvgIpc) is 1.86. The van der Waals surface area contributed by atoms with Crippen molar-refractivity contribution in [2.45, 2.75) is 32.0 Å². The topological polar surface area (TPSA) is 60.7 Å². The van der Waals surface area contributed by atoms with E-state index < -0.39 is 11.7 Å². The van der Waals surface area contributed by atoms with E-state index in [0.717, 1.165) is 0 Å². The third kappa shape index (κ3) is 1.93. The van der Waals surface area contributed by atoms with Gasteiger partial charge in [0.25, 0.3) is 0 Å². The largest absolute Gasteiger partial charge is 0.390 e. The molecule has 0 aromatic heterocycles. The number of hydrogen-bond acceptors (Lipinski definition) is 3. The van der Waals surface area contributed by atoms with Gasteiger partial charge in [0, 0.05) is 0 Å². The quantitative estimate of drug-likeness (QED) is 0.509. The van der Waals surface area contributed by atoms with E-state index in [1.54, 1.807) is 6.92 Å². The van der Waals surface area contributed by atoms with Crippen molar-refractivity contribution >= 4 is 0 Å². The third-order valence-electron chi connectivity index (χ3n) is 1.51. The van der Waals surface area contributed by atoms with Gasteiger partial charge in [0.2, 0.25) is 0 Å². The Labute approximate surface area is 54.9 Å². The molecule has 0 aliphatic heterocycles. The van der Waals surface area contributed by atoms with E-state index in [-0.39, 0.29) is 0 Å². The molecule has 0 saturated heterocycles. The van der Waals surface area contributed by atoms with Crippen LogP contribution in [0.4, 0.5) is 0 Å². The molecule has 0 bridgehead atoms. The van der Waals surface area contributed by atoms with Crippen molar-refractivity contribution in [3.8, 4) is 0 Å². The number of hydrogen-bond donors (Lipinski definition) is 3. The second kappa shape index (κ2) is 3.15. The van der Waals surface area contributed by atoms with E-state index in [1.165, 1.54) is 6.92 Å². The summed E-state index contributed by atoms with van der Waals surface area (Å²) in [6, 6.07) is 0. The number of rotatable bonds is 3. The Kier molecular flexibility index (Phi) is 3.11. The van der Waals surface area contributed by atoms with Crippen LogP contribution in [0.25, 0.3) is 0 Å². The van der Waals surface area contributed by atoms with Crippen molar-refractivity contribution in [1.82, 2.24) is 0 Å². The minimum Gasteiger partial charge on any atom is -0.390 e. The molecule has 0 saturated carbocycles. The Balaban J connectivity index is 3.92. The van der Waals surface area contributed by atoms with E-state index in [1.807, 2.05) is 0 Å². The van der Waals surface area contributed by atoms with Crippen molar-refractivity contribution in [1.29, 1.82) is 0 Å². The lowest BCUT2D eigenvalue weighted by Gasteiger charge is -2.26. The molecule has 3 heteroatoms. The SMILES string of the molecule is CCC(O)([CH]O)C(C)O. The molecule has 0 amide bonds. The van der Waals surface area contributed by atoms with Crippen molar-refractivity contribution in [3.63, 3.8) is 0 Å². The summed E-state index contributed by atoms with van der Waals surface area (Å²) in [5, 5.41) is 26.4. The van der Waals surface area contributed by atoms with E-state index in [9.17, 15) is 0 Å². The lowest BCUT2D eigenvalue weighted by molar-refractivity contribution is -0.0702. The summed E-state index contributed by atoms with van der Waals surface area (Å²) >= 11 is 0. The van der Waals surface area contributed by atoms with E-state index in [4.69, 9.17) is 15.3 Å². The van der Waals surface area contributed by atoms with Crippen LogP contribution in [0.1, 0.15) is 20.3 Å². The molecule has 0 aromatic carbocycles. The Hall–Kier alpha value is -0.120. The van der Waals surface area contributed by atoms with E-state index >= 15 is 0 Å². The summed E-state index contributed by atoms with van der Waals surface area (Å²) in [7, 11) is 0. The molecular weight excluding hydrogens is 120 g/mol. The molecule has 9 heavy (non-hydrogen) atoms. The lowest BCUT2D eigenvalue weighted by atomic mass is 9.96. The molecule has 0 spiro atoms. The Morgan fingerprint density at radius 3 is 2.11 bits per heavy atom. The monoisotopic (exact) mass is 133 g/mol. The van der Waals surface area contributed by atoms with Crippen molar-refractivity contribution in [2.24, 2.45) is 0 Å². The van der Waals surface area contributed by atoms with E-state index in [0.29, 0.717) is 13.0 Å². The maximum Gasteiger partial charge on any atom is 0.118 e. The minimum absolute atomic E-state index is 0.307. The molecule has 2 unspecified atom stereocenters. The highest BCUT2D eigenvalue weighted by Crippen LogP contribution is 2.16. The second-order valence-electron chi connectivity index (χ2n) is 2.15. The van der Waals surface area contributed by atoms with E-state index in [2.05, 4.69) is 0 Å². The van der Waals surface area contributed by atoms with Crippen LogP contribution in [0.15, 0.2) is 0 Å². The first-order valence-corrected chi connectivity index (χ1v) is 2.96. The van der Waals surface area contributed by atoms with Gasteiger partial charge < -0.3 is 15.3 Å². The third-order valence-corrected chi connectivity index (χ3v) is 1.51. The summed E-state index contributed by atoms with van der Waals surface area (Å²) in [4.78, 5) is 0. The van der Waals surface area contributed by atoms with Crippen molar-refractivity contribution < 1.29 is 15.3 Å². The number of aliphatic hydroxyl groups excluding tert-OH is 2. The Bertz CT molecular complexity index is 76.4. The van der Waals surface area contributed by atoms with Crippen molar-refractivity contribution in [2.75, 3.05) is 0 Å². The van der Waals surface area contributed by atoms with Crippen LogP contribution >= 0.6 is 0 Å². The van der Waals surface area contributed by atoms with Crippen LogP contribution in [-0.2, 0) is 0 Å². The zero-order chi connectivity index (χ0) is 7.49. The van der Waals surface area contributed by atoms with Gasteiger partial charge in [-0.3, -0.25) is 0 Å². The first-order valence-electron chi connectivity index (χ1n) is 2.96. The predicted molar refractivity (Wildman–Crippen MR) is 33.2 cm³/mol. The van der Waals surface area contributed by atoms with Gasteiger partial charge in [0.05, 0.1) is 6.10 Å². The molecule has 55 valence electrons. The zero-order valence-corrected chi connectivity index (χ0v) is 5.70. The van der Waals surface area contributed by atoms with Gasteiger partial charge in [-0.25, -0.2) is 0 Å². The maximum atomic E-state index is 9.15. The summed E-state index contributed by atoms with van der Waals surface area (Å²) < 4.78 is 0. The van der Waals surface area contributed by atoms with Crippen LogP contribution in [-0.4, -0.2) is 27.0 Å². The molecule has 3 N–H and O–H groups in total. The Morgan fingerprint density at radius 2 is 2.11 bits per heavy atom. The highest BCUT2D eigenvalue weighted by atomic mass is 16.4. The van der Waals surface area contributed by atoms with Gasteiger partial charge in [0.1, 0.15) is 12.2 Å². The van der Waals surface area contributed by atoms with Crippen LogP contribution in [0.2, 0.25) is 0 Å². The molecule has 0 fully saturated rings. The van der Waals surface area contributed by atoms with Gasteiger partial charge in [-0.05, 0) is 13.3 Å². The second-order valence-corrected chi connectivity index (χ2v) is 2.15. The van der Waals surface area contributed by atoms with Crippen LogP contribution in [0.5, 0.6) is 0 Å². The fraction of sp³-hybridized carbons (Fsp3) is 0.833. The summed E-state index contributed by atoms with van der Waals surface area (Å²) in [5.74, 6) is 0. The normalized spacial score (nSPS) is 21.0. The molecule has 3 nitrogen and oxygen atoms in total. The van der Waals surface area contributed by atoms with Crippen LogP contribution in [0, 0.1) is 6.61 Å². The van der Waals surface area contributed by atoms with Gasteiger partial charge in [-0.2, -0.15) is 0 Å². The fourth-order valence-electron chi connectivity index (χ4n) is 0.495. The molecule has 0 aliphatic carbocycles. The first kappa shape index (κ1) is 8.88. The smallest absolute Gasteiger partial charge is 0.118 e. The standard InChI is InChI=1S/C6H13O3/c1-3-6(9,4-7)5(2)8/h4-5,7-9H,3H2,1-2H3. The molecule has 0 aliphatic rings. The molecule has 2 atom stereocenters. The average molecular weight is 133 g/mol. The summed E-state index contributed by atoms with van der Waals surface area (Å²) in [5.41, 5.74) is -1.43. The first-order chi connectivity index (χ1) is 4.06. The minimum atomic E-state index is -1.43. The fourth-order valence-corrected chi connectivity index (χ4v) is 0.495. The lowest BCUT2D eigenvalue weighted by Crippen LogP contribution is -2.40. The molecule has 1 radical (unpaired) electrons. The highest BCUT2D eigenvalue weighted by Gasteiger charge is 2.29. The predicted octanol–water partition coefficient (Wildman–Crippen LogP) is 0.0426. The van der Waals surface area contributed by atoms with Gasteiger partial charge in [-0.15, -0.1) is 0 Å². The van der Waals surface area contributed by atoms with Crippen molar-refractivity contribution in [3.05, 3.63) is 6.61 Å². The molecular formula is C6H13O3. The zero-order valence-electron chi connectivity index (χ0n) is 5.70. The molecule has 0 rings (SSSR count). The number of aliphatic hydroxyl groups is 3. The summed E-state index contributed by atoms with van der Waals surface area (Å²) in [6.07, 6.45) is -0.617. The molecule has 0 aromatic rings. The van der Waals surface area contributed by atoms with Gasteiger partial charge >= 0.3 is 0 Å². The Morgan fingerprint density at radius 1 is 1.67 bits per heavy atom. The highest BCUT2D eigenvalue weighted by molar-refractivity contribution is 4.88. The van der Waals surface area contributed by atoms with Crippen LogP contribution < -0.4 is 0 Å². The maximum absolute atomic E-state index is 9.15. The summed E-state index contributed by atoms with van der Waals surface area (Å²) in [6.45, 7) is 3.73.